The van der Waals surface area contributed by atoms with Gasteiger partial charge in [0.1, 0.15) is 17.1 Å². The van der Waals surface area contributed by atoms with Crippen LogP contribution in [0.15, 0.2) is 24.3 Å². The molecule has 1 heterocycles. The van der Waals surface area contributed by atoms with Crippen LogP contribution in [0.4, 0.5) is 0 Å². The van der Waals surface area contributed by atoms with Gasteiger partial charge in [-0.3, -0.25) is 0 Å². The van der Waals surface area contributed by atoms with Crippen molar-refractivity contribution < 1.29 is 14.9 Å². The van der Waals surface area contributed by atoms with Crippen LogP contribution in [0.1, 0.15) is 69.9 Å². The number of phenolic OH excluding ortho intramolecular Hbond substituents is 1. The zero-order valence-electron chi connectivity index (χ0n) is 15.1. The SMILES string of the molecule is C=C1CC2c3c(O)cc(CCCCC)cc3OC(C)(C)C2CC1O. The van der Waals surface area contributed by atoms with Crippen LogP contribution in [-0.4, -0.2) is 21.9 Å². The molecular weight excluding hydrogens is 300 g/mol. The van der Waals surface area contributed by atoms with Gasteiger partial charge in [-0.1, -0.05) is 26.3 Å². The van der Waals surface area contributed by atoms with E-state index in [1.165, 1.54) is 12.8 Å². The fraction of sp³-hybridized carbons (Fsp3) is 0.619. The molecule has 3 rings (SSSR count). The van der Waals surface area contributed by atoms with Gasteiger partial charge in [0.05, 0.1) is 6.10 Å². The van der Waals surface area contributed by atoms with Crippen LogP contribution < -0.4 is 4.74 Å². The van der Waals surface area contributed by atoms with Crippen LogP contribution in [0.25, 0.3) is 0 Å². The number of fused-ring (bicyclic) bond motifs is 3. The molecule has 2 N–H and O–H groups in total. The van der Waals surface area contributed by atoms with Crippen LogP contribution in [0, 0.1) is 5.92 Å². The van der Waals surface area contributed by atoms with E-state index in [0.29, 0.717) is 18.6 Å². The number of ether oxygens (including phenoxy) is 1. The first kappa shape index (κ1) is 17.3. The molecule has 3 atom stereocenters. The van der Waals surface area contributed by atoms with Gasteiger partial charge in [0, 0.05) is 17.4 Å². The van der Waals surface area contributed by atoms with E-state index in [9.17, 15) is 10.2 Å². The lowest BCUT2D eigenvalue weighted by molar-refractivity contribution is -0.0238. The van der Waals surface area contributed by atoms with Crippen LogP contribution in [0.3, 0.4) is 0 Å². The van der Waals surface area contributed by atoms with E-state index >= 15 is 0 Å². The molecule has 3 heteroatoms. The number of unbranched alkanes of at least 4 members (excludes halogenated alkanes) is 2. The van der Waals surface area contributed by atoms with Crippen LogP contribution in [0.2, 0.25) is 0 Å². The first-order valence-corrected chi connectivity index (χ1v) is 9.24. The second kappa shape index (κ2) is 6.44. The average Bonchev–Trinajstić information content (AvgIpc) is 2.49. The molecule has 0 bridgehead atoms. The molecule has 3 unspecified atom stereocenters. The monoisotopic (exact) mass is 330 g/mol. The lowest BCUT2D eigenvalue weighted by Gasteiger charge is -2.49. The number of aryl methyl sites for hydroxylation is 1. The number of aliphatic hydroxyl groups excluding tert-OH is 1. The van der Waals surface area contributed by atoms with Crippen molar-refractivity contribution in [2.24, 2.45) is 5.92 Å². The molecule has 0 aromatic heterocycles. The second-order valence-corrected chi connectivity index (χ2v) is 8.02. The maximum Gasteiger partial charge on any atom is 0.127 e. The summed E-state index contributed by atoms with van der Waals surface area (Å²) in [6, 6.07) is 4.01. The van der Waals surface area contributed by atoms with Crippen molar-refractivity contribution in [3.8, 4) is 11.5 Å². The molecular formula is C21H30O3. The Balaban J connectivity index is 1.96. The number of phenols is 1. The summed E-state index contributed by atoms with van der Waals surface area (Å²) in [5, 5.41) is 20.9. The van der Waals surface area contributed by atoms with E-state index in [-0.39, 0.29) is 17.4 Å². The molecule has 2 aliphatic rings. The predicted octanol–water partition coefficient (Wildman–Crippen LogP) is 4.71. The first-order chi connectivity index (χ1) is 11.3. The smallest absolute Gasteiger partial charge is 0.127 e. The standard InChI is InChI=1S/C21H30O3/c1-5-6-7-8-14-10-18(23)20-15-9-13(2)17(22)12-16(15)21(3,4)24-19(20)11-14/h10-11,15-17,22-23H,2,5-9,12H2,1,3-4H3. The summed E-state index contributed by atoms with van der Waals surface area (Å²) in [6.07, 6.45) is 5.39. The number of aromatic hydroxyl groups is 1. The second-order valence-electron chi connectivity index (χ2n) is 8.02. The summed E-state index contributed by atoms with van der Waals surface area (Å²) in [6.45, 7) is 10.4. The van der Waals surface area contributed by atoms with E-state index in [2.05, 4.69) is 33.4 Å². The summed E-state index contributed by atoms with van der Waals surface area (Å²) < 4.78 is 6.30. The van der Waals surface area contributed by atoms with Crippen LogP contribution in [0.5, 0.6) is 11.5 Å². The minimum absolute atomic E-state index is 0.171. The highest BCUT2D eigenvalue weighted by molar-refractivity contribution is 5.52. The van der Waals surface area contributed by atoms with Gasteiger partial charge in [0.15, 0.2) is 0 Å². The van der Waals surface area contributed by atoms with E-state index < -0.39 is 6.10 Å². The Morgan fingerprint density at radius 1 is 1.29 bits per heavy atom. The molecule has 1 fully saturated rings. The number of hydrogen-bond donors (Lipinski definition) is 2. The predicted molar refractivity (Wildman–Crippen MR) is 96.7 cm³/mol. The Bertz CT molecular complexity index is 632. The van der Waals surface area contributed by atoms with Gasteiger partial charge in [-0.2, -0.15) is 0 Å². The van der Waals surface area contributed by atoms with Gasteiger partial charge < -0.3 is 14.9 Å². The van der Waals surface area contributed by atoms with E-state index in [1.807, 2.05) is 6.07 Å². The Morgan fingerprint density at radius 2 is 2.04 bits per heavy atom. The van der Waals surface area contributed by atoms with Gasteiger partial charge in [-0.15, -0.1) is 0 Å². The first-order valence-electron chi connectivity index (χ1n) is 9.24. The Hall–Kier alpha value is -1.48. The van der Waals surface area contributed by atoms with Crippen molar-refractivity contribution >= 4 is 0 Å². The van der Waals surface area contributed by atoms with Crippen molar-refractivity contribution in [3.63, 3.8) is 0 Å². The minimum atomic E-state index is -0.467. The quantitative estimate of drug-likeness (QED) is 0.621. The lowest BCUT2D eigenvalue weighted by atomic mass is 9.64. The molecule has 0 spiro atoms. The van der Waals surface area contributed by atoms with Crippen molar-refractivity contribution in [3.05, 3.63) is 35.4 Å². The van der Waals surface area contributed by atoms with E-state index in [1.54, 1.807) is 0 Å². The molecule has 0 radical (unpaired) electrons. The highest BCUT2D eigenvalue weighted by atomic mass is 16.5. The molecule has 24 heavy (non-hydrogen) atoms. The zero-order valence-corrected chi connectivity index (χ0v) is 15.1. The topological polar surface area (TPSA) is 49.7 Å². The Morgan fingerprint density at radius 3 is 2.75 bits per heavy atom. The van der Waals surface area contributed by atoms with Gasteiger partial charge in [0.2, 0.25) is 0 Å². The lowest BCUT2D eigenvalue weighted by Crippen LogP contribution is -2.48. The van der Waals surface area contributed by atoms with Crippen molar-refractivity contribution in [1.82, 2.24) is 0 Å². The van der Waals surface area contributed by atoms with Gasteiger partial charge in [-0.25, -0.2) is 0 Å². The number of aliphatic hydroxyl groups is 1. The summed E-state index contributed by atoms with van der Waals surface area (Å²) in [4.78, 5) is 0. The third-order valence-electron chi connectivity index (χ3n) is 5.80. The highest BCUT2D eigenvalue weighted by Crippen LogP contribution is 2.55. The minimum Gasteiger partial charge on any atom is -0.508 e. The zero-order chi connectivity index (χ0) is 17.5. The normalized spacial score (nSPS) is 28.0. The Kier molecular flexibility index (Phi) is 4.65. The number of benzene rings is 1. The van der Waals surface area contributed by atoms with E-state index in [0.717, 1.165) is 35.3 Å². The molecule has 1 aliphatic heterocycles. The van der Waals surface area contributed by atoms with Crippen LogP contribution >= 0.6 is 0 Å². The van der Waals surface area contributed by atoms with Gasteiger partial charge >= 0.3 is 0 Å². The average molecular weight is 330 g/mol. The maximum absolute atomic E-state index is 10.7. The molecule has 1 saturated carbocycles. The number of rotatable bonds is 4. The number of hydrogen-bond acceptors (Lipinski definition) is 3. The third kappa shape index (κ3) is 3.06. The summed E-state index contributed by atoms with van der Waals surface area (Å²) in [5.41, 5.74) is 2.56. The summed E-state index contributed by atoms with van der Waals surface area (Å²) in [5.74, 6) is 1.51. The van der Waals surface area contributed by atoms with Crippen molar-refractivity contribution in [2.45, 2.75) is 76.9 Å². The summed E-state index contributed by atoms with van der Waals surface area (Å²) in [7, 11) is 0. The van der Waals surface area contributed by atoms with Crippen molar-refractivity contribution in [2.75, 3.05) is 0 Å². The van der Waals surface area contributed by atoms with E-state index in [4.69, 9.17) is 4.74 Å². The van der Waals surface area contributed by atoms with Crippen LogP contribution in [-0.2, 0) is 6.42 Å². The molecule has 1 aliphatic carbocycles. The fourth-order valence-corrected chi connectivity index (χ4v) is 4.41. The molecule has 1 aromatic carbocycles. The molecule has 132 valence electrons. The molecule has 3 nitrogen and oxygen atoms in total. The van der Waals surface area contributed by atoms with Gasteiger partial charge in [-0.05, 0) is 62.8 Å². The molecule has 0 saturated heterocycles. The Labute approximate surface area is 145 Å². The molecule has 1 aromatic rings. The van der Waals surface area contributed by atoms with Crippen molar-refractivity contribution in [1.29, 1.82) is 0 Å². The largest absolute Gasteiger partial charge is 0.508 e. The van der Waals surface area contributed by atoms with Gasteiger partial charge in [0.25, 0.3) is 0 Å². The summed E-state index contributed by atoms with van der Waals surface area (Å²) >= 11 is 0. The third-order valence-corrected chi connectivity index (χ3v) is 5.80. The highest BCUT2D eigenvalue weighted by Gasteiger charge is 2.48. The maximum atomic E-state index is 10.7. The molecule has 0 amide bonds. The fourth-order valence-electron chi connectivity index (χ4n) is 4.41.